The van der Waals surface area contributed by atoms with Crippen LogP contribution in [0.3, 0.4) is 0 Å². The third-order valence-electron chi connectivity index (χ3n) is 3.34. The Kier molecular flexibility index (Phi) is 5.38. The second-order valence-corrected chi connectivity index (χ2v) is 4.72. The van der Waals surface area contributed by atoms with Gasteiger partial charge in [0.15, 0.2) is 17.3 Å². The molecule has 5 nitrogen and oxygen atoms in total. The predicted molar refractivity (Wildman–Crippen MR) is 75.8 cm³/mol. The number of ketones is 1. The number of Topliss-reactive ketones (excluding diaryl/α,β-unsaturated/α-hetero) is 1. The Labute approximate surface area is 119 Å². The molecule has 1 aromatic rings. The van der Waals surface area contributed by atoms with Gasteiger partial charge in [-0.1, -0.05) is 0 Å². The first-order valence-electron chi connectivity index (χ1n) is 6.82. The topological polar surface area (TPSA) is 48.0 Å². The SMILES string of the molecule is COc1ccc(C(C)=O)cc1OCCN1CCOCC1. The minimum absolute atomic E-state index is 0.0192. The second-order valence-electron chi connectivity index (χ2n) is 4.72. The molecule has 0 amide bonds. The van der Waals surface area contributed by atoms with Crippen molar-refractivity contribution >= 4 is 5.78 Å². The van der Waals surface area contributed by atoms with E-state index in [4.69, 9.17) is 14.2 Å². The highest BCUT2D eigenvalue weighted by Crippen LogP contribution is 2.28. The van der Waals surface area contributed by atoms with Crippen LogP contribution >= 0.6 is 0 Å². The van der Waals surface area contributed by atoms with E-state index < -0.39 is 0 Å². The van der Waals surface area contributed by atoms with Crippen LogP contribution in [0.1, 0.15) is 17.3 Å². The van der Waals surface area contributed by atoms with E-state index in [0.717, 1.165) is 32.8 Å². The average Bonchev–Trinajstić information content (AvgIpc) is 2.48. The summed E-state index contributed by atoms with van der Waals surface area (Å²) in [6.45, 7) is 6.39. The maximum atomic E-state index is 11.4. The number of hydrogen-bond donors (Lipinski definition) is 0. The molecular weight excluding hydrogens is 258 g/mol. The number of ether oxygens (including phenoxy) is 3. The maximum absolute atomic E-state index is 11.4. The minimum atomic E-state index is 0.0192. The number of carbonyl (C=O) groups is 1. The fraction of sp³-hybridized carbons (Fsp3) is 0.533. The lowest BCUT2D eigenvalue weighted by Gasteiger charge is -2.26. The monoisotopic (exact) mass is 279 g/mol. The first-order chi connectivity index (χ1) is 9.70. The van der Waals surface area contributed by atoms with Crippen LogP contribution in [-0.2, 0) is 4.74 Å². The molecule has 0 aliphatic carbocycles. The summed E-state index contributed by atoms with van der Waals surface area (Å²) in [7, 11) is 1.59. The molecule has 1 aromatic carbocycles. The zero-order valence-corrected chi connectivity index (χ0v) is 12.1. The molecule has 0 atom stereocenters. The molecule has 1 heterocycles. The summed E-state index contributed by atoms with van der Waals surface area (Å²) < 4.78 is 16.3. The average molecular weight is 279 g/mol. The van der Waals surface area contributed by atoms with Crippen LogP contribution in [0.15, 0.2) is 18.2 Å². The van der Waals surface area contributed by atoms with E-state index in [-0.39, 0.29) is 5.78 Å². The summed E-state index contributed by atoms with van der Waals surface area (Å²) in [5.41, 5.74) is 0.632. The number of benzene rings is 1. The summed E-state index contributed by atoms with van der Waals surface area (Å²) in [5, 5.41) is 0. The molecule has 0 bridgehead atoms. The summed E-state index contributed by atoms with van der Waals surface area (Å²) in [4.78, 5) is 13.7. The van der Waals surface area contributed by atoms with Crippen LogP contribution in [0.4, 0.5) is 0 Å². The molecule has 110 valence electrons. The standard InChI is InChI=1S/C15H21NO4/c1-12(17)13-3-4-14(18-2)15(11-13)20-10-7-16-5-8-19-9-6-16/h3-4,11H,5-10H2,1-2H3. The highest BCUT2D eigenvalue weighted by Gasteiger charge is 2.12. The van der Waals surface area contributed by atoms with Crippen molar-refractivity contribution in [1.29, 1.82) is 0 Å². The zero-order valence-electron chi connectivity index (χ0n) is 12.1. The van der Waals surface area contributed by atoms with Crippen LogP contribution in [-0.4, -0.2) is 57.2 Å². The second kappa shape index (κ2) is 7.26. The highest BCUT2D eigenvalue weighted by atomic mass is 16.5. The Bertz CT molecular complexity index is 455. The lowest BCUT2D eigenvalue weighted by atomic mass is 10.1. The van der Waals surface area contributed by atoms with Crippen LogP contribution in [0.25, 0.3) is 0 Å². The number of carbonyl (C=O) groups excluding carboxylic acids is 1. The Balaban J connectivity index is 1.93. The van der Waals surface area contributed by atoms with Crippen molar-refractivity contribution in [2.75, 3.05) is 46.6 Å². The number of hydrogen-bond acceptors (Lipinski definition) is 5. The van der Waals surface area contributed by atoms with Crippen molar-refractivity contribution in [2.45, 2.75) is 6.92 Å². The minimum Gasteiger partial charge on any atom is -0.493 e. The normalized spacial score (nSPS) is 15.9. The van der Waals surface area contributed by atoms with Gasteiger partial charge < -0.3 is 14.2 Å². The molecule has 1 aliphatic rings. The summed E-state index contributed by atoms with van der Waals surface area (Å²) in [5.74, 6) is 1.29. The molecule has 0 radical (unpaired) electrons. The Morgan fingerprint density at radius 3 is 2.70 bits per heavy atom. The maximum Gasteiger partial charge on any atom is 0.161 e. The Morgan fingerprint density at radius 1 is 1.30 bits per heavy atom. The lowest BCUT2D eigenvalue weighted by molar-refractivity contribution is 0.0321. The van der Waals surface area contributed by atoms with Gasteiger partial charge in [0.1, 0.15) is 6.61 Å². The van der Waals surface area contributed by atoms with Gasteiger partial charge in [-0.25, -0.2) is 0 Å². The van der Waals surface area contributed by atoms with Crippen molar-refractivity contribution in [3.63, 3.8) is 0 Å². The van der Waals surface area contributed by atoms with Crippen molar-refractivity contribution in [3.8, 4) is 11.5 Å². The van der Waals surface area contributed by atoms with Gasteiger partial charge >= 0.3 is 0 Å². The molecule has 0 aromatic heterocycles. The van der Waals surface area contributed by atoms with E-state index in [2.05, 4.69) is 4.90 Å². The molecule has 1 fully saturated rings. The van der Waals surface area contributed by atoms with Crippen molar-refractivity contribution in [2.24, 2.45) is 0 Å². The zero-order chi connectivity index (χ0) is 14.4. The smallest absolute Gasteiger partial charge is 0.161 e. The molecule has 0 saturated carbocycles. The van der Waals surface area contributed by atoms with E-state index in [9.17, 15) is 4.79 Å². The summed E-state index contributed by atoms with van der Waals surface area (Å²) in [6.07, 6.45) is 0. The first-order valence-corrected chi connectivity index (χ1v) is 6.82. The van der Waals surface area contributed by atoms with Gasteiger partial charge in [0.05, 0.1) is 20.3 Å². The highest BCUT2D eigenvalue weighted by molar-refractivity contribution is 5.94. The van der Waals surface area contributed by atoms with Crippen LogP contribution < -0.4 is 9.47 Å². The van der Waals surface area contributed by atoms with E-state index >= 15 is 0 Å². The Morgan fingerprint density at radius 2 is 2.05 bits per heavy atom. The predicted octanol–water partition coefficient (Wildman–Crippen LogP) is 1.61. The van der Waals surface area contributed by atoms with Gasteiger partial charge in [0.2, 0.25) is 0 Å². The first kappa shape index (κ1) is 14.8. The van der Waals surface area contributed by atoms with Gasteiger partial charge in [-0.15, -0.1) is 0 Å². The van der Waals surface area contributed by atoms with Gasteiger partial charge in [0.25, 0.3) is 0 Å². The fourth-order valence-electron chi connectivity index (χ4n) is 2.12. The largest absolute Gasteiger partial charge is 0.493 e. The molecule has 2 rings (SSSR count). The van der Waals surface area contributed by atoms with E-state index in [1.807, 2.05) is 0 Å². The van der Waals surface area contributed by atoms with E-state index in [1.54, 1.807) is 32.2 Å². The van der Waals surface area contributed by atoms with Crippen molar-refractivity contribution in [1.82, 2.24) is 4.90 Å². The van der Waals surface area contributed by atoms with Gasteiger partial charge in [0, 0.05) is 25.2 Å². The molecule has 1 aliphatic heterocycles. The molecular formula is C15H21NO4. The van der Waals surface area contributed by atoms with Crippen molar-refractivity contribution < 1.29 is 19.0 Å². The molecule has 1 saturated heterocycles. The molecule has 20 heavy (non-hydrogen) atoms. The van der Waals surface area contributed by atoms with Crippen molar-refractivity contribution in [3.05, 3.63) is 23.8 Å². The third-order valence-corrected chi connectivity index (χ3v) is 3.34. The van der Waals surface area contributed by atoms with Gasteiger partial charge in [-0.3, -0.25) is 9.69 Å². The van der Waals surface area contributed by atoms with E-state index in [0.29, 0.717) is 23.7 Å². The number of methoxy groups -OCH3 is 1. The molecule has 5 heteroatoms. The number of nitrogens with zero attached hydrogens (tertiary/aromatic N) is 1. The number of rotatable bonds is 6. The Hall–Kier alpha value is -1.59. The van der Waals surface area contributed by atoms with Crippen LogP contribution in [0.5, 0.6) is 11.5 Å². The molecule has 0 unspecified atom stereocenters. The number of morpholine rings is 1. The lowest BCUT2D eigenvalue weighted by Crippen LogP contribution is -2.38. The summed E-state index contributed by atoms with van der Waals surface area (Å²) >= 11 is 0. The fourth-order valence-corrected chi connectivity index (χ4v) is 2.12. The van der Waals surface area contributed by atoms with Gasteiger partial charge in [-0.05, 0) is 25.1 Å². The molecule has 0 N–H and O–H groups in total. The van der Waals surface area contributed by atoms with Crippen LogP contribution in [0.2, 0.25) is 0 Å². The third kappa shape index (κ3) is 3.95. The molecule has 0 spiro atoms. The van der Waals surface area contributed by atoms with E-state index in [1.165, 1.54) is 0 Å². The van der Waals surface area contributed by atoms with Gasteiger partial charge in [-0.2, -0.15) is 0 Å². The van der Waals surface area contributed by atoms with Crippen LogP contribution in [0, 0.1) is 0 Å². The quantitative estimate of drug-likeness (QED) is 0.740. The summed E-state index contributed by atoms with van der Waals surface area (Å²) in [6, 6.07) is 5.25.